The van der Waals surface area contributed by atoms with Crippen LogP contribution in [0.2, 0.25) is 0 Å². The molecule has 1 N–H and O–H groups in total. The highest BCUT2D eigenvalue weighted by Crippen LogP contribution is 2.16. The average Bonchev–Trinajstić information content (AvgIpc) is 3.11. The van der Waals surface area contributed by atoms with Crippen molar-refractivity contribution in [3.05, 3.63) is 65.2 Å². The van der Waals surface area contributed by atoms with Crippen LogP contribution in [0.25, 0.3) is 5.82 Å². The van der Waals surface area contributed by atoms with Gasteiger partial charge in [-0.15, -0.1) is 5.10 Å². The van der Waals surface area contributed by atoms with Crippen molar-refractivity contribution in [3.8, 4) is 11.6 Å². The van der Waals surface area contributed by atoms with Crippen LogP contribution in [0.3, 0.4) is 0 Å². The van der Waals surface area contributed by atoms with Gasteiger partial charge in [0.15, 0.2) is 5.82 Å². The maximum Gasteiger partial charge on any atom is 0.267 e. The van der Waals surface area contributed by atoms with E-state index in [4.69, 9.17) is 4.74 Å². The summed E-state index contributed by atoms with van der Waals surface area (Å²) < 4.78 is 7.70. The Bertz CT molecular complexity index is 902. The summed E-state index contributed by atoms with van der Waals surface area (Å²) in [6.07, 6.45) is 3.31. The minimum atomic E-state index is -0.369. The number of amides is 1. The normalized spacial score (nSPS) is 10.4. The lowest BCUT2D eigenvalue weighted by Crippen LogP contribution is -2.30. The van der Waals surface area contributed by atoms with Gasteiger partial charge in [-0.2, -0.15) is 5.10 Å². The molecule has 24 heavy (non-hydrogen) atoms. The van der Waals surface area contributed by atoms with Crippen molar-refractivity contribution in [2.24, 2.45) is 0 Å². The Balaban J connectivity index is 1.76. The van der Waals surface area contributed by atoms with E-state index >= 15 is 0 Å². The average molecular weight is 325 g/mol. The third-order valence-corrected chi connectivity index (χ3v) is 3.24. The minimum absolute atomic E-state index is 0.203. The van der Waals surface area contributed by atoms with E-state index in [1.807, 2.05) is 0 Å². The predicted molar refractivity (Wildman–Crippen MR) is 87.2 cm³/mol. The van der Waals surface area contributed by atoms with Gasteiger partial charge in [-0.1, -0.05) is 6.07 Å². The molecule has 0 aliphatic rings. The van der Waals surface area contributed by atoms with Crippen LogP contribution in [0.1, 0.15) is 0 Å². The highest BCUT2D eigenvalue weighted by atomic mass is 16.5. The highest BCUT2D eigenvalue weighted by molar-refractivity contribution is 5.90. The molecule has 0 aliphatic carbocycles. The number of anilines is 1. The van der Waals surface area contributed by atoms with Crippen LogP contribution in [0, 0.1) is 0 Å². The number of nitrogens with zero attached hydrogens (tertiary/aromatic N) is 4. The van der Waals surface area contributed by atoms with Gasteiger partial charge >= 0.3 is 0 Å². The number of aromatic nitrogens is 4. The number of carbonyl (C=O) groups excluding carboxylic acids is 1. The number of rotatable bonds is 5. The molecule has 0 radical (unpaired) electrons. The van der Waals surface area contributed by atoms with Gasteiger partial charge in [-0.25, -0.2) is 9.36 Å². The number of carbonyl (C=O) groups is 1. The van der Waals surface area contributed by atoms with Gasteiger partial charge in [0.05, 0.1) is 7.11 Å². The lowest BCUT2D eigenvalue weighted by atomic mass is 10.3. The zero-order valence-electron chi connectivity index (χ0n) is 12.9. The van der Waals surface area contributed by atoms with Crippen molar-refractivity contribution in [1.29, 1.82) is 0 Å². The molecule has 0 saturated carbocycles. The van der Waals surface area contributed by atoms with Gasteiger partial charge < -0.3 is 10.1 Å². The summed E-state index contributed by atoms with van der Waals surface area (Å²) in [5, 5.41) is 10.9. The van der Waals surface area contributed by atoms with E-state index in [2.05, 4.69) is 15.5 Å². The molecule has 2 heterocycles. The fourth-order valence-corrected chi connectivity index (χ4v) is 2.12. The molecule has 0 fully saturated rings. The molecular formula is C16H15N5O3. The second-order valence-corrected chi connectivity index (χ2v) is 4.92. The predicted octanol–water partition coefficient (Wildman–Crippen LogP) is 1.08. The molecule has 0 saturated heterocycles. The largest absolute Gasteiger partial charge is 0.497 e. The van der Waals surface area contributed by atoms with Crippen LogP contribution in [-0.4, -0.2) is 32.6 Å². The smallest absolute Gasteiger partial charge is 0.267 e. The van der Waals surface area contributed by atoms with Crippen LogP contribution in [0.4, 0.5) is 5.69 Å². The van der Waals surface area contributed by atoms with Crippen molar-refractivity contribution in [1.82, 2.24) is 19.6 Å². The second-order valence-electron chi connectivity index (χ2n) is 4.92. The van der Waals surface area contributed by atoms with Crippen molar-refractivity contribution in [2.75, 3.05) is 12.4 Å². The molecule has 0 atom stereocenters. The first-order chi connectivity index (χ1) is 11.7. The molecule has 2 aromatic heterocycles. The van der Waals surface area contributed by atoms with Crippen LogP contribution in [0.15, 0.2) is 59.7 Å². The topological polar surface area (TPSA) is 91.0 Å². The van der Waals surface area contributed by atoms with E-state index in [-0.39, 0.29) is 18.0 Å². The Hall–Kier alpha value is -3.42. The fourth-order valence-electron chi connectivity index (χ4n) is 2.12. The number of ether oxygens (including phenoxy) is 1. The van der Waals surface area contributed by atoms with Gasteiger partial charge in [-0.05, 0) is 24.3 Å². The summed E-state index contributed by atoms with van der Waals surface area (Å²) in [7, 11) is 1.55. The molecule has 1 aromatic carbocycles. The highest BCUT2D eigenvalue weighted by Gasteiger charge is 2.09. The zero-order chi connectivity index (χ0) is 16.9. The van der Waals surface area contributed by atoms with Crippen molar-refractivity contribution in [2.45, 2.75) is 6.54 Å². The molecule has 0 unspecified atom stereocenters. The first-order valence-electron chi connectivity index (χ1n) is 7.18. The lowest BCUT2D eigenvalue weighted by molar-refractivity contribution is -0.117. The number of nitrogens with one attached hydrogen (secondary N) is 1. The van der Waals surface area contributed by atoms with Gasteiger partial charge in [0.1, 0.15) is 12.3 Å². The van der Waals surface area contributed by atoms with E-state index in [1.165, 1.54) is 10.7 Å². The first-order valence-corrected chi connectivity index (χ1v) is 7.18. The third-order valence-electron chi connectivity index (χ3n) is 3.24. The second kappa shape index (κ2) is 6.78. The van der Waals surface area contributed by atoms with E-state index in [9.17, 15) is 9.59 Å². The Morgan fingerprint density at radius 3 is 2.88 bits per heavy atom. The van der Waals surface area contributed by atoms with Crippen molar-refractivity contribution in [3.63, 3.8) is 0 Å². The molecule has 3 rings (SSSR count). The molecule has 1 amide bonds. The summed E-state index contributed by atoms with van der Waals surface area (Å²) >= 11 is 0. The summed E-state index contributed by atoms with van der Waals surface area (Å²) in [5.74, 6) is 0.716. The van der Waals surface area contributed by atoms with E-state index in [0.717, 1.165) is 4.68 Å². The quantitative estimate of drug-likeness (QED) is 0.758. The summed E-state index contributed by atoms with van der Waals surface area (Å²) in [5.41, 5.74) is 0.210. The number of hydrogen-bond donors (Lipinski definition) is 1. The van der Waals surface area contributed by atoms with Gasteiger partial charge in [0.2, 0.25) is 5.91 Å². The molecule has 8 nitrogen and oxygen atoms in total. The summed E-state index contributed by atoms with van der Waals surface area (Å²) in [6.45, 7) is -0.203. The van der Waals surface area contributed by atoms with E-state index in [1.54, 1.807) is 55.9 Å². The molecule has 3 aromatic rings. The zero-order valence-corrected chi connectivity index (χ0v) is 12.9. The van der Waals surface area contributed by atoms with E-state index < -0.39 is 0 Å². The molecule has 8 heteroatoms. The number of hydrogen-bond acceptors (Lipinski definition) is 5. The van der Waals surface area contributed by atoms with Crippen LogP contribution >= 0.6 is 0 Å². The van der Waals surface area contributed by atoms with Crippen LogP contribution < -0.4 is 15.6 Å². The van der Waals surface area contributed by atoms with Gasteiger partial charge in [0.25, 0.3) is 5.56 Å². The maximum atomic E-state index is 12.2. The van der Waals surface area contributed by atoms with Crippen molar-refractivity contribution >= 4 is 11.6 Å². The van der Waals surface area contributed by atoms with Crippen LogP contribution in [0.5, 0.6) is 5.75 Å². The molecule has 0 bridgehead atoms. The van der Waals surface area contributed by atoms with Crippen LogP contribution in [-0.2, 0) is 11.3 Å². The monoisotopic (exact) mass is 325 g/mol. The third kappa shape index (κ3) is 3.49. The Morgan fingerprint density at radius 1 is 1.25 bits per heavy atom. The van der Waals surface area contributed by atoms with Crippen molar-refractivity contribution < 1.29 is 9.53 Å². The minimum Gasteiger partial charge on any atom is -0.497 e. The Kier molecular flexibility index (Phi) is 4.37. The first kappa shape index (κ1) is 15.5. The molecule has 122 valence electrons. The Labute approximate surface area is 137 Å². The Morgan fingerprint density at radius 2 is 2.12 bits per heavy atom. The van der Waals surface area contributed by atoms with E-state index in [0.29, 0.717) is 17.3 Å². The fraction of sp³-hybridized carbons (Fsp3) is 0.125. The summed E-state index contributed by atoms with van der Waals surface area (Å²) in [4.78, 5) is 24.1. The molecule has 0 aliphatic heterocycles. The molecule has 0 spiro atoms. The number of methoxy groups -OCH3 is 1. The van der Waals surface area contributed by atoms with Gasteiger partial charge in [-0.3, -0.25) is 9.59 Å². The summed E-state index contributed by atoms with van der Waals surface area (Å²) in [6, 6.07) is 11.6. The molecular weight excluding hydrogens is 310 g/mol. The van der Waals surface area contributed by atoms with Gasteiger partial charge in [0, 0.05) is 30.2 Å². The number of benzene rings is 1. The standard InChI is InChI=1S/C16H15N5O3/c1-24-13-5-2-4-12(10-13)18-15(22)11-21-16(23)7-6-14(19-21)20-9-3-8-17-20/h2-10H,11H2,1H3,(H,18,22). The maximum absolute atomic E-state index is 12.2. The SMILES string of the molecule is COc1cccc(NC(=O)Cn2nc(-n3cccn3)ccc2=O)c1. The lowest BCUT2D eigenvalue weighted by Gasteiger charge is -2.09.